The molecule has 2 heterocycles. The first-order chi connectivity index (χ1) is 14.4. The number of hydrogen-bond acceptors (Lipinski definition) is 3. The monoisotopic (exact) mass is 409 g/mol. The summed E-state index contributed by atoms with van der Waals surface area (Å²) >= 11 is 0. The molecule has 3 amide bonds. The van der Waals surface area contributed by atoms with Crippen LogP contribution in [0.15, 0.2) is 36.4 Å². The van der Waals surface area contributed by atoms with Crippen LogP contribution in [-0.2, 0) is 20.8 Å². The Balaban J connectivity index is 1.47. The van der Waals surface area contributed by atoms with Gasteiger partial charge in [-0.15, -0.1) is 0 Å². The van der Waals surface area contributed by atoms with Crippen LogP contribution < -0.4 is 15.1 Å². The molecule has 0 bridgehead atoms. The molecule has 30 heavy (non-hydrogen) atoms. The van der Waals surface area contributed by atoms with Crippen molar-refractivity contribution < 1.29 is 18.8 Å². The fourth-order valence-electron chi connectivity index (χ4n) is 4.14. The van der Waals surface area contributed by atoms with E-state index in [0.29, 0.717) is 30.8 Å². The van der Waals surface area contributed by atoms with Gasteiger partial charge in [0.2, 0.25) is 17.7 Å². The summed E-state index contributed by atoms with van der Waals surface area (Å²) in [6, 6.07) is 9.85. The van der Waals surface area contributed by atoms with Gasteiger partial charge in [0.25, 0.3) is 0 Å². The number of nitrogens with zero attached hydrogens (tertiary/aromatic N) is 2. The van der Waals surface area contributed by atoms with E-state index in [0.717, 1.165) is 23.4 Å². The van der Waals surface area contributed by atoms with Gasteiger partial charge in [0, 0.05) is 43.0 Å². The minimum Gasteiger partial charge on any atom is -0.326 e. The number of amides is 3. The van der Waals surface area contributed by atoms with Crippen molar-refractivity contribution in [1.29, 1.82) is 0 Å². The minimum absolute atomic E-state index is 0.0894. The summed E-state index contributed by atoms with van der Waals surface area (Å²) in [4.78, 5) is 40.8. The molecule has 7 heteroatoms. The SMILES string of the molecule is CCC(=O)N1CCc2cc(N3CC(C(=O)Nc4ccc(F)cc4C)CC3=O)ccc21. The highest BCUT2D eigenvalue weighted by atomic mass is 19.1. The molecular formula is C23H24FN3O3. The highest BCUT2D eigenvalue weighted by Crippen LogP contribution is 2.34. The largest absolute Gasteiger partial charge is 0.326 e. The van der Waals surface area contributed by atoms with Crippen molar-refractivity contribution in [3.05, 3.63) is 53.3 Å². The molecule has 6 nitrogen and oxygen atoms in total. The number of hydrogen-bond donors (Lipinski definition) is 1. The third-order valence-electron chi connectivity index (χ3n) is 5.82. The summed E-state index contributed by atoms with van der Waals surface area (Å²) in [7, 11) is 0. The Labute approximate surface area is 174 Å². The Morgan fingerprint density at radius 1 is 1.20 bits per heavy atom. The Hall–Kier alpha value is -3.22. The summed E-state index contributed by atoms with van der Waals surface area (Å²) in [6.07, 6.45) is 1.34. The van der Waals surface area contributed by atoms with Crippen molar-refractivity contribution in [3.63, 3.8) is 0 Å². The maximum Gasteiger partial charge on any atom is 0.229 e. The zero-order valence-electron chi connectivity index (χ0n) is 17.1. The Bertz CT molecular complexity index is 1040. The lowest BCUT2D eigenvalue weighted by Gasteiger charge is -2.20. The van der Waals surface area contributed by atoms with Gasteiger partial charge in [0.1, 0.15) is 5.82 Å². The number of aryl methyl sites for hydroxylation is 1. The first-order valence-electron chi connectivity index (χ1n) is 10.2. The molecule has 2 aliphatic rings. The third kappa shape index (κ3) is 3.67. The molecule has 2 aliphatic heterocycles. The van der Waals surface area contributed by atoms with Crippen molar-refractivity contribution in [1.82, 2.24) is 0 Å². The molecule has 0 aromatic heterocycles. The number of carbonyl (C=O) groups excluding carboxylic acids is 3. The first-order valence-corrected chi connectivity index (χ1v) is 10.2. The van der Waals surface area contributed by atoms with Gasteiger partial charge in [0.15, 0.2) is 0 Å². The number of carbonyl (C=O) groups is 3. The summed E-state index contributed by atoms with van der Waals surface area (Å²) in [6.45, 7) is 4.51. The molecule has 1 atom stereocenters. The smallest absolute Gasteiger partial charge is 0.229 e. The number of rotatable bonds is 4. The Morgan fingerprint density at radius 3 is 2.73 bits per heavy atom. The lowest BCUT2D eigenvalue weighted by Crippen LogP contribution is -2.28. The van der Waals surface area contributed by atoms with Gasteiger partial charge in [-0.2, -0.15) is 0 Å². The molecule has 0 radical (unpaired) electrons. The van der Waals surface area contributed by atoms with Crippen LogP contribution >= 0.6 is 0 Å². The third-order valence-corrected chi connectivity index (χ3v) is 5.82. The van der Waals surface area contributed by atoms with E-state index in [2.05, 4.69) is 5.32 Å². The van der Waals surface area contributed by atoms with E-state index in [1.54, 1.807) is 16.7 Å². The van der Waals surface area contributed by atoms with Crippen molar-refractivity contribution >= 4 is 34.8 Å². The molecule has 0 saturated carbocycles. The number of fused-ring (bicyclic) bond motifs is 1. The van der Waals surface area contributed by atoms with Crippen LogP contribution in [-0.4, -0.2) is 30.8 Å². The number of nitrogens with one attached hydrogen (secondary N) is 1. The standard InChI is InChI=1S/C23H24FN3O3/c1-3-21(28)26-9-8-15-11-18(5-7-20(15)26)27-13-16(12-22(27)29)23(30)25-19-6-4-17(24)10-14(19)2/h4-7,10-11,16H,3,8-9,12-13H2,1-2H3,(H,25,30). The molecule has 1 unspecified atom stereocenters. The van der Waals surface area contributed by atoms with E-state index >= 15 is 0 Å². The first kappa shape index (κ1) is 20.1. The summed E-state index contributed by atoms with van der Waals surface area (Å²) < 4.78 is 13.3. The van der Waals surface area contributed by atoms with E-state index in [4.69, 9.17) is 0 Å². The number of halogens is 1. The maximum atomic E-state index is 13.3. The molecule has 0 aliphatic carbocycles. The predicted octanol–water partition coefficient (Wildman–Crippen LogP) is 3.42. The molecule has 1 saturated heterocycles. The average Bonchev–Trinajstić information content (AvgIpc) is 3.32. The van der Waals surface area contributed by atoms with Gasteiger partial charge in [-0.25, -0.2) is 4.39 Å². The molecule has 156 valence electrons. The summed E-state index contributed by atoms with van der Waals surface area (Å²) in [5.41, 5.74) is 3.87. The van der Waals surface area contributed by atoms with Crippen molar-refractivity contribution in [2.24, 2.45) is 5.92 Å². The van der Waals surface area contributed by atoms with Crippen LogP contribution in [0.25, 0.3) is 0 Å². The fourth-order valence-corrected chi connectivity index (χ4v) is 4.14. The van der Waals surface area contributed by atoms with Crippen molar-refractivity contribution in [3.8, 4) is 0 Å². The second kappa shape index (κ2) is 7.89. The van der Waals surface area contributed by atoms with Gasteiger partial charge < -0.3 is 15.1 Å². The molecule has 2 aromatic carbocycles. The number of anilines is 3. The van der Waals surface area contributed by atoms with Gasteiger partial charge in [-0.05, 0) is 60.9 Å². The average molecular weight is 409 g/mol. The van der Waals surface area contributed by atoms with Gasteiger partial charge >= 0.3 is 0 Å². The second-order valence-corrected chi connectivity index (χ2v) is 7.82. The van der Waals surface area contributed by atoms with Crippen LogP contribution in [0.1, 0.15) is 30.9 Å². The van der Waals surface area contributed by atoms with E-state index < -0.39 is 5.92 Å². The molecule has 0 spiro atoms. The van der Waals surface area contributed by atoms with Crippen LogP contribution in [0, 0.1) is 18.7 Å². The predicted molar refractivity (Wildman–Crippen MR) is 113 cm³/mol. The van der Waals surface area contributed by atoms with E-state index in [-0.39, 0.29) is 30.0 Å². The van der Waals surface area contributed by atoms with Crippen LogP contribution in [0.3, 0.4) is 0 Å². The number of benzene rings is 2. The zero-order valence-corrected chi connectivity index (χ0v) is 17.1. The maximum absolute atomic E-state index is 13.3. The highest BCUT2D eigenvalue weighted by molar-refractivity contribution is 6.04. The molecular weight excluding hydrogens is 385 g/mol. The lowest BCUT2D eigenvalue weighted by molar-refractivity contribution is -0.122. The van der Waals surface area contributed by atoms with Gasteiger partial charge in [-0.3, -0.25) is 14.4 Å². The molecule has 2 aromatic rings. The summed E-state index contributed by atoms with van der Waals surface area (Å²) in [5.74, 6) is -1.10. The Morgan fingerprint density at radius 2 is 2.00 bits per heavy atom. The quantitative estimate of drug-likeness (QED) is 0.841. The zero-order chi connectivity index (χ0) is 21.4. The van der Waals surface area contributed by atoms with E-state index in [1.165, 1.54) is 18.2 Å². The van der Waals surface area contributed by atoms with E-state index in [9.17, 15) is 18.8 Å². The topological polar surface area (TPSA) is 69.7 Å². The fraction of sp³-hybridized carbons (Fsp3) is 0.348. The minimum atomic E-state index is -0.478. The second-order valence-electron chi connectivity index (χ2n) is 7.82. The summed E-state index contributed by atoms with van der Waals surface area (Å²) in [5, 5.41) is 2.81. The Kier molecular flexibility index (Phi) is 5.28. The normalized spacial score (nSPS) is 18.0. The van der Waals surface area contributed by atoms with E-state index in [1.807, 2.05) is 25.1 Å². The van der Waals surface area contributed by atoms with Crippen molar-refractivity contribution in [2.45, 2.75) is 33.1 Å². The molecule has 1 fully saturated rings. The molecule has 1 N–H and O–H groups in total. The van der Waals surface area contributed by atoms with Gasteiger partial charge in [-0.1, -0.05) is 6.92 Å². The van der Waals surface area contributed by atoms with Gasteiger partial charge in [0.05, 0.1) is 5.92 Å². The van der Waals surface area contributed by atoms with Crippen LogP contribution in [0.2, 0.25) is 0 Å². The van der Waals surface area contributed by atoms with Crippen LogP contribution in [0.4, 0.5) is 21.5 Å². The molecule has 4 rings (SSSR count). The lowest BCUT2D eigenvalue weighted by atomic mass is 10.1. The van der Waals surface area contributed by atoms with Crippen molar-refractivity contribution in [2.75, 3.05) is 28.2 Å². The van der Waals surface area contributed by atoms with Crippen LogP contribution in [0.5, 0.6) is 0 Å². The highest BCUT2D eigenvalue weighted by Gasteiger charge is 2.36.